The number of rotatable bonds is 7. The molecular weight excluding hydrogens is 438 g/mol. The molecule has 0 saturated heterocycles. The van der Waals surface area contributed by atoms with E-state index in [0.29, 0.717) is 25.7 Å². The van der Waals surface area contributed by atoms with Crippen molar-refractivity contribution in [2.45, 2.75) is 104 Å². The Morgan fingerprint density at radius 3 is 1.84 bits per heavy atom. The van der Waals surface area contributed by atoms with Gasteiger partial charge in [-0.2, -0.15) is 26.3 Å². The molecule has 2 saturated carbocycles. The number of fused-ring (bicyclic) bond motifs is 2. The molecule has 0 spiro atoms. The molecule has 2 fully saturated rings. The summed E-state index contributed by atoms with van der Waals surface area (Å²) in [6.45, 7) is 10.9. The highest BCUT2D eigenvalue weighted by Gasteiger charge is 2.71. The van der Waals surface area contributed by atoms with Crippen molar-refractivity contribution in [1.82, 2.24) is 0 Å². The van der Waals surface area contributed by atoms with Gasteiger partial charge in [0.1, 0.15) is 6.10 Å². The summed E-state index contributed by atoms with van der Waals surface area (Å²) >= 11 is 0. The van der Waals surface area contributed by atoms with Gasteiger partial charge in [-0.25, -0.2) is 0 Å². The molecule has 2 aliphatic carbocycles. The first kappa shape index (κ1) is 27.3. The SMILES string of the molecule is CC(C)C(C)(CC(C)(C)C)C(=O)OC(CC(O)(C(F)(F)F)C(F)(F)F)C1CC2CCC1C2. The summed E-state index contributed by atoms with van der Waals surface area (Å²) < 4.78 is 86.2. The van der Waals surface area contributed by atoms with E-state index in [-0.39, 0.29) is 23.2 Å². The minimum Gasteiger partial charge on any atom is -0.462 e. The number of hydrogen-bond acceptors (Lipinski definition) is 3. The third kappa shape index (κ3) is 5.39. The van der Waals surface area contributed by atoms with E-state index in [9.17, 15) is 36.2 Å². The molecule has 0 radical (unpaired) electrons. The third-order valence-corrected chi connectivity index (χ3v) is 7.60. The van der Waals surface area contributed by atoms with E-state index in [4.69, 9.17) is 4.74 Å². The largest absolute Gasteiger partial charge is 0.462 e. The minimum atomic E-state index is -5.94. The van der Waals surface area contributed by atoms with Gasteiger partial charge in [0, 0.05) is 6.42 Å². The number of esters is 1. The van der Waals surface area contributed by atoms with Gasteiger partial charge in [0.05, 0.1) is 5.41 Å². The Morgan fingerprint density at radius 1 is 0.969 bits per heavy atom. The van der Waals surface area contributed by atoms with Gasteiger partial charge in [0.2, 0.25) is 0 Å². The topological polar surface area (TPSA) is 46.5 Å². The molecule has 2 bridgehead atoms. The molecule has 0 aromatic rings. The standard InChI is InChI=1S/C23H36F6O3/c1-13(2)20(6,12-19(3,4)5)18(30)32-17(16-10-14-7-8-15(16)9-14)11-21(31,22(24,25)26)23(27,28)29/h13-17,31H,7-12H2,1-6H3. The van der Waals surface area contributed by atoms with Gasteiger partial charge in [-0.3, -0.25) is 4.79 Å². The number of carbonyl (C=O) groups excluding carboxylic acids is 1. The fraction of sp³-hybridized carbons (Fsp3) is 0.957. The van der Waals surface area contributed by atoms with Crippen LogP contribution < -0.4 is 0 Å². The summed E-state index contributed by atoms with van der Waals surface area (Å²) in [4.78, 5) is 13.3. The number of hydrogen-bond donors (Lipinski definition) is 1. The predicted octanol–water partition coefficient (Wildman–Crippen LogP) is 6.68. The molecule has 0 aliphatic heterocycles. The predicted molar refractivity (Wildman–Crippen MR) is 108 cm³/mol. The first-order valence-electron chi connectivity index (χ1n) is 11.3. The highest BCUT2D eigenvalue weighted by molar-refractivity contribution is 5.77. The molecule has 9 heteroatoms. The van der Waals surface area contributed by atoms with E-state index in [1.807, 2.05) is 20.8 Å². The molecule has 0 aromatic carbocycles. The van der Waals surface area contributed by atoms with Crippen LogP contribution in [0, 0.1) is 34.5 Å². The van der Waals surface area contributed by atoms with Crippen LogP contribution in [0.2, 0.25) is 0 Å². The van der Waals surface area contributed by atoms with Crippen molar-refractivity contribution in [1.29, 1.82) is 0 Å². The maximum atomic E-state index is 13.4. The van der Waals surface area contributed by atoms with E-state index in [1.54, 1.807) is 20.8 Å². The molecule has 5 unspecified atom stereocenters. The maximum Gasteiger partial charge on any atom is 0.426 e. The molecule has 3 nitrogen and oxygen atoms in total. The smallest absolute Gasteiger partial charge is 0.426 e. The summed E-state index contributed by atoms with van der Waals surface area (Å²) in [5.41, 5.74) is -6.35. The van der Waals surface area contributed by atoms with Gasteiger partial charge >= 0.3 is 18.3 Å². The summed E-state index contributed by atoms with van der Waals surface area (Å²) in [7, 11) is 0. The van der Waals surface area contributed by atoms with Crippen molar-refractivity contribution in [3.05, 3.63) is 0 Å². The zero-order valence-electron chi connectivity index (χ0n) is 19.7. The Morgan fingerprint density at radius 2 is 1.50 bits per heavy atom. The molecule has 2 rings (SSSR count). The van der Waals surface area contributed by atoms with E-state index in [2.05, 4.69) is 0 Å². The van der Waals surface area contributed by atoms with Gasteiger partial charge in [-0.1, -0.05) is 41.0 Å². The lowest BCUT2D eigenvalue weighted by Crippen LogP contribution is -2.59. The van der Waals surface area contributed by atoms with E-state index >= 15 is 0 Å². The summed E-state index contributed by atoms with van der Waals surface area (Å²) in [5.74, 6) is -1.57. The van der Waals surface area contributed by atoms with E-state index in [0.717, 1.165) is 6.42 Å². The number of halogens is 6. The highest BCUT2D eigenvalue weighted by Crippen LogP contribution is 2.54. The molecule has 0 heterocycles. The molecule has 2 aliphatic rings. The summed E-state index contributed by atoms with van der Waals surface area (Å²) in [6.07, 6.45) is -12.3. The Hall–Kier alpha value is -0.990. The van der Waals surface area contributed by atoms with Crippen LogP contribution >= 0.6 is 0 Å². The van der Waals surface area contributed by atoms with E-state index in [1.165, 1.54) is 0 Å². The molecule has 0 aromatic heterocycles. The molecule has 188 valence electrons. The second kappa shape index (κ2) is 8.66. The van der Waals surface area contributed by atoms with Gasteiger partial charge in [-0.15, -0.1) is 0 Å². The number of alkyl halides is 6. The van der Waals surface area contributed by atoms with Gasteiger partial charge in [0.25, 0.3) is 5.60 Å². The average molecular weight is 475 g/mol. The fourth-order valence-corrected chi connectivity index (χ4v) is 5.60. The highest BCUT2D eigenvalue weighted by atomic mass is 19.4. The molecule has 5 atom stereocenters. The van der Waals surface area contributed by atoms with Gasteiger partial charge in [-0.05, 0) is 61.7 Å². The Labute approximate surface area is 186 Å². The molecule has 1 N–H and O–H groups in total. The van der Waals surface area contributed by atoms with Gasteiger partial charge in [0.15, 0.2) is 0 Å². The van der Waals surface area contributed by atoms with Gasteiger partial charge < -0.3 is 9.84 Å². The number of aliphatic hydroxyl groups is 1. The molecule has 32 heavy (non-hydrogen) atoms. The second-order valence-electron chi connectivity index (χ2n) is 11.7. The van der Waals surface area contributed by atoms with Crippen molar-refractivity contribution in [2.24, 2.45) is 34.5 Å². The van der Waals surface area contributed by atoms with Crippen LogP contribution in [0.3, 0.4) is 0 Å². The van der Waals surface area contributed by atoms with Crippen LogP contribution in [0.15, 0.2) is 0 Å². The Bertz CT molecular complexity index is 665. The van der Waals surface area contributed by atoms with Crippen LogP contribution in [0.4, 0.5) is 26.3 Å². The van der Waals surface area contributed by atoms with Crippen molar-refractivity contribution in [3.8, 4) is 0 Å². The van der Waals surface area contributed by atoms with Crippen LogP contribution in [-0.2, 0) is 9.53 Å². The monoisotopic (exact) mass is 474 g/mol. The van der Waals surface area contributed by atoms with Crippen LogP contribution in [0.1, 0.15) is 80.1 Å². The van der Waals surface area contributed by atoms with Crippen LogP contribution in [0.25, 0.3) is 0 Å². The lowest BCUT2D eigenvalue weighted by atomic mass is 9.68. The van der Waals surface area contributed by atoms with Crippen molar-refractivity contribution in [3.63, 3.8) is 0 Å². The normalized spacial score (nSPS) is 27.5. The quantitative estimate of drug-likeness (QED) is 0.331. The van der Waals surface area contributed by atoms with E-state index < -0.39 is 47.8 Å². The maximum absolute atomic E-state index is 13.4. The first-order chi connectivity index (χ1) is 14.2. The summed E-state index contributed by atoms with van der Waals surface area (Å²) in [5, 5.41) is 9.86. The van der Waals surface area contributed by atoms with Crippen molar-refractivity contribution < 1.29 is 41.0 Å². The Balaban J connectivity index is 2.41. The van der Waals surface area contributed by atoms with Crippen LogP contribution in [-0.4, -0.2) is 35.1 Å². The molecular formula is C23H36F6O3. The second-order valence-corrected chi connectivity index (χ2v) is 11.7. The lowest BCUT2D eigenvalue weighted by molar-refractivity contribution is -0.375. The summed E-state index contributed by atoms with van der Waals surface area (Å²) in [6, 6.07) is 0. The van der Waals surface area contributed by atoms with Crippen molar-refractivity contribution >= 4 is 5.97 Å². The molecule has 0 amide bonds. The average Bonchev–Trinajstić information content (AvgIpc) is 3.20. The Kier molecular flexibility index (Phi) is 7.37. The zero-order chi connectivity index (χ0) is 24.9. The minimum absolute atomic E-state index is 0.101. The first-order valence-corrected chi connectivity index (χ1v) is 11.3. The van der Waals surface area contributed by atoms with Crippen molar-refractivity contribution in [2.75, 3.05) is 0 Å². The van der Waals surface area contributed by atoms with Crippen LogP contribution in [0.5, 0.6) is 0 Å². The number of ether oxygens (including phenoxy) is 1. The zero-order valence-corrected chi connectivity index (χ0v) is 19.7. The lowest BCUT2D eigenvalue weighted by Gasteiger charge is -2.41. The fourth-order valence-electron chi connectivity index (χ4n) is 5.60. The number of carbonyl (C=O) groups is 1. The third-order valence-electron chi connectivity index (χ3n) is 7.60.